The number of ketones is 1. The van der Waals surface area contributed by atoms with Crippen LogP contribution < -0.4 is 4.74 Å². The summed E-state index contributed by atoms with van der Waals surface area (Å²) in [6.07, 6.45) is 4.53. The molecule has 1 rings (SSSR count). The maximum atomic E-state index is 12.0. The number of unbranched alkanes of at least 4 members (excludes halogenated alkanes) is 2. The van der Waals surface area contributed by atoms with Crippen molar-refractivity contribution in [2.24, 2.45) is 0 Å². The van der Waals surface area contributed by atoms with Crippen molar-refractivity contribution in [3.05, 3.63) is 40.4 Å². The average molecular weight is 369 g/mol. The second-order valence-electron chi connectivity index (χ2n) is 4.66. The minimum Gasteiger partial charge on any atom is -0.494 e. The molecule has 0 aliphatic rings. The van der Waals surface area contributed by atoms with Crippen molar-refractivity contribution >= 4 is 27.7 Å². The van der Waals surface area contributed by atoms with E-state index < -0.39 is 5.97 Å². The molecular weight excluding hydrogens is 348 g/mol. The van der Waals surface area contributed by atoms with Crippen LogP contribution in [0, 0.1) is 0 Å². The van der Waals surface area contributed by atoms with E-state index in [4.69, 9.17) is 9.47 Å². The Bertz CT molecular complexity index is 520. The predicted molar refractivity (Wildman–Crippen MR) is 89.4 cm³/mol. The summed E-state index contributed by atoms with van der Waals surface area (Å²) in [4.78, 5) is 23.4. The zero-order chi connectivity index (χ0) is 16.4. The molecule has 0 saturated carbocycles. The van der Waals surface area contributed by atoms with Crippen molar-refractivity contribution in [3.8, 4) is 5.75 Å². The molecule has 0 unspecified atom stereocenters. The van der Waals surface area contributed by atoms with Crippen molar-refractivity contribution in [1.82, 2.24) is 0 Å². The van der Waals surface area contributed by atoms with Crippen molar-refractivity contribution in [3.63, 3.8) is 0 Å². The van der Waals surface area contributed by atoms with Crippen LogP contribution in [0.2, 0.25) is 0 Å². The summed E-state index contributed by atoms with van der Waals surface area (Å²) in [6.45, 7) is 4.79. The first-order valence-corrected chi connectivity index (χ1v) is 8.19. The average Bonchev–Trinajstić information content (AvgIpc) is 2.52. The van der Waals surface area contributed by atoms with E-state index in [0.29, 0.717) is 12.2 Å². The molecule has 0 saturated heterocycles. The molecule has 4 nitrogen and oxygen atoms in total. The number of hydrogen-bond acceptors (Lipinski definition) is 4. The maximum absolute atomic E-state index is 12.0. The van der Waals surface area contributed by atoms with Gasteiger partial charge in [0, 0.05) is 11.6 Å². The van der Waals surface area contributed by atoms with Crippen LogP contribution in [-0.2, 0) is 9.53 Å². The number of ether oxygens (including phenoxy) is 2. The van der Waals surface area contributed by atoms with Crippen molar-refractivity contribution < 1.29 is 19.1 Å². The van der Waals surface area contributed by atoms with Gasteiger partial charge >= 0.3 is 5.97 Å². The van der Waals surface area contributed by atoms with Gasteiger partial charge in [-0.3, -0.25) is 4.79 Å². The molecule has 0 aliphatic heterocycles. The summed E-state index contributed by atoms with van der Waals surface area (Å²) in [5.41, 5.74) is 0.488. The molecule has 0 aliphatic carbocycles. The number of hydrogen-bond donors (Lipinski definition) is 0. The van der Waals surface area contributed by atoms with E-state index in [-0.39, 0.29) is 16.9 Å². The van der Waals surface area contributed by atoms with Crippen LogP contribution in [0.5, 0.6) is 5.75 Å². The molecule has 0 fully saturated rings. The highest BCUT2D eigenvalue weighted by Crippen LogP contribution is 2.15. The normalized spacial score (nSPS) is 11.1. The fraction of sp³-hybridized carbons (Fsp3) is 0.412. The van der Waals surface area contributed by atoms with Crippen LogP contribution in [0.3, 0.4) is 0 Å². The van der Waals surface area contributed by atoms with Gasteiger partial charge in [0.2, 0.25) is 0 Å². The van der Waals surface area contributed by atoms with Gasteiger partial charge in [-0.15, -0.1) is 0 Å². The van der Waals surface area contributed by atoms with Gasteiger partial charge in [0.15, 0.2) is 5.78 Å². The fourth-order valence-electron chi connectivity index (χ4n) is 1.71. The zero-order valence-electron chi connectivity index (χ0n) is 12.9. The van der Waals surface area contributed by atoms with Crippen LogP contribution in [0.15, 0.2) is 34.8 Å². The third-order valence-corrected chi connectivity index (χ3v) is 3.44. The molecule has 22 heavy (non-hydrogen) atoms. The SMILES string of the molecule is CCCCCOc1ccc(C(=O)C=C(Br)C(=O)OCC)cc1. The quantitative estimate of drug-likeness (QED) is 0.282. The summed E-state index contributed by atoms with van der Waals surface area (Å²) in [5.74, 6) is -0.0784. The first-order chi connectivity index (χ1) is 10.6. The Kier molecular flexibility index (Phi) is 8.51. The van der Waals surface area contributed by atoms with Gasteiger partial charge in [-0.2, -0.15) is 0 Å². The standard InChI is InChI=1S/C17H21BrO4/c1-3-5-6-11-22-14-9-7-13(8-10-14)16(19)12-15(18)17(20)21-4-2/h7-10,12H,3-6,11H2,1-2H3. The second kappa shape index (κ2) is 10.2. The number of carbonyl (C=O) groups excluding carboxylic acids is 2. The summed E-state index contributed by atoms with van der Waals surface area (Å²) in [7, 11) is 0. The van der Waals surface area contributed by atoms with E-state index >= 15 is 0 Å². The summed E-state index contributed by atoms with van der Waals surface area (Å²) in [6, 6.07) is 6.87. The smallest absolute Gasteiger partial charge is 0.345 e. The lowest BCUT2D eigenvalue weighted by Gasteiger charge is -2.06. The molecule has 0 aromatic heterocycles. The first kappa shape index (κ1) is 18.4. The van der Waals surface area contributed by atoms with Gasteiger partial charge in [-0.1, -0.05) is 19.8 Å². The Hall–Kier alpha value is -1.62. The van der Waals surface area contributed by atoms with Crippen molar-refractivity contribution in [1.29, 1.82) is 0 Å². The van der Waals surface area contributed by atoms with E-state index in [0.717, 1.165) is 25.0 Å². The molecule has 0 radical (unpaired) electrons. The molecule has 0 bridgehead atoms. The highest BCUT2D eigenvalue weighted by Gasteiger charge is 2.10. The zero-order valence-corrected chi connectivity index (χ0v) is 14.5. The van der Waals surface area contributed by atoms with Crippen molar-refractivity contribution in [2.75, 3.05) is 13.2 Å². The molecule has 0 N–H and O–H groups in total. The monoisotopic (exact) mass is 368 g/mol. The number of carbonyl (C=O) groups is 2. The number of benzene rings is 1. The van der Waals surface area contributed by atoms with E-state index in [1.807, 2.05) is 0 Å². The number of allylic oxidation sites excluding steroid dienone is 1. The molecule has 1 aromatic carbocycles. The molecule has 0 amide bonds. The summed E-state index contributed by atoms with van der Waals surface area (Å²) >= 11 is 3.05. The van der Waals surface area contributed by atoms with Crippen LogP contribution in [0.4, 0.5) is 0 Å². The van der Waals surface area contributed by atoms with Crippen LogP contribution >= 0.6 is 15.9 Å². The highest BCUT2D eigenvalue weighted by atomic mass is 79.9. The van der Waals surface area contributed by atoms with Gasteiger partial charge in [0.1, 0.15) is 10.2 Å². The molecule has 0 atom stereocenters. The van der Waals surface area contributed by atoms with E-state index in [2.05, 4.69) is 22.9 Å². The second-order valence-corrected chi connectivity index (χ2v) is 5.51. The maximum Gasteiger partial charge on any atom is 0.345 e. The van der Waals surface area contributed by atoms with Crippen LogP contribution in [0.1, 0.15) is 43.5 Å². The Morgan fingerprint density at radius 3 is 2.41 bits per heavy atom. The van der Waals surface area contributed by atoms with Crippen LogP contribution in [-0.4, -0.2) is 25.0 Å². The summed E-state index contributed by atoms with van der Waals surface area (Å²) < 4.78 is 10.5. The van der Waals surface area contributed by atoms with Crippen LogP contribution in [0.25, 0.3) is 0 Å². The van der Waals surface area contributed by atoms with E-state index in [9.17, 15) is 9.59 Å². The Balaban J connectivity index is 2.60. The lowest BCUT2D eigenvalue weighted by Crippen LogP contribution is -2.05. The van der Waals surface area contributed by atoms with Gasteiger partial charge in [0.05, 0.1) is 13.2 Å². The Morgan fingerprint density at radius 2 is 1.82 bits per heavy atom. The number of rotatable bonds is 9. The lowest BCUT2D eigenvalue weighted by molar-refractivity contribution is -0.137. The Morgan fingerprint density at radius 1 is 1.14 bits per heavy atom. The number of esters is 1. The third kappa shape index (κ3) is 6.43. The highest BCUT2D eigenvalue weighted by molar-refractivity contribution is 9.12. The molecule has 0 spiro atoms. The molecule has 0 heterocycles. The third-order valence-electron chi connectivity index (χ3n) is 2.88. The fourth-order valence-corrected chi connectivity index (χ4v) is 2.04. The minimum absolute atomic E-state index is 0.110. The largest absolute Gasteiger partial charge is 0.494 e. The van der Waals surface area contributed by atoms with E-state index in [1.54, 1.807) is 31.2 Å². The molecule has 1 aromatic rings. The van der Waals surface area contributed by atoms with Gasteiger partial charge in [0.25, 0.3) is 0 Å². The Labute approximate surface area is 139 Å². The van der Waals surface area contributed by atoms with Gasteiger partial charge in [-0.25, -0.2) is 4.79 Å². The molecule has 120 valence electrons. The van der Waals surface area contributed by atoms with Gasteiger partial charge in [-0.05, 0) is 53.5 Å². The lowest BCUT2D eigenvalue weighted by atomic mass is 10.1. The van der Waals surface area contributed by atoms with E-state index in [1.165, 1.54) is 6.08 Å². The molecule has 5 heteroatoms. The molecular formula is C17H21BrO4. The predicted octanol–water partition coefficient (Wildman–Crippen LogP) is 4.28. The topological polar surface area (TPSA) is 52.6 Å². The number of halogens is 1. The first-order valence-electron chi connectivity index (χ1n) is 7.40. The van der Waals surface area contributed by atoms with Gasteiger partial charge < -0.3 is 9.47 Å². The minimum atomic E-state index is -0.549. The summed E-state index contributed by atoms with van der Waals surface area (Å²) in [5, 5.41) is 0. The van der Waals surface area contributed by atoms with Crippen molar-refractivity contribution in [2.45, 2.75) is 33.1 Å².